The Hall–Kier alpha value is -3.10. The quantitative estimate of drug-likeness (QED) is 0.185. The molecule has 0 aliphatic carbocycles. The van der Waals surface area contributed by atoms with Gasteiger partial charge in [0.05, 0.1) is 24.2 Å². The number of likely N-dealkylation sites (N-methyl/N-ethyl adjacent to an activating group) is 1. The van der Waals surface area contributed by atoms with Crippen LogP contribution in [0.15, 0.2) is 36.4 Å². The molecule has 1 heterocycles. The van der Waals surface area contributed by atoms with E-state index in [-0.39, 0.29) is 5.97 Å². The fraction of sp³-hybridized carbons (Fsp3) is 0.548. The van der Waals surface area contributed by atoms with Gasteiger partial charge in [-0.1, -0.05) is 12.1 Å². The van der Waals surface area contributed by atoms with E-state index in [0.717, 1.165) is 75.8 Å². The first kappa shape index (κ1) is 30.4. The van der Waals surface area contributed by atoms with Gasteiger partial charge in [-0.05, 0) is 95.1 Å². The number of anilines is 2. The molecule has 0 aliphatic rings. The first-order valence-electron chi connectivity index (χ1n) is 14.2. The molecule has 1 N–H and O–H groups in total. The molecule has 0 fully saturated rings. The molecule has 0 saturated carbocycles. The summed E-state index contributed by atoms with van der Waals surface area (Å²) in [5.74, 6) is 0.756. The van der Waals surface area contributed by atoms with Gasteiger partial charge in [-0.3, -0.25) is 4.79 Å². The second-order valence-corrected chi connectivity index (χ2v) is 10.3. The number of aromatic nitrogens is 2. The van der Waals surface area contributed by atoms with E-state index in [9.17, 15) is 4.79 Å². The molecule has 8 nitrogen and oxygen atoms in total. The molecule has 0 spiro atoms. The van der Waals surface area contributed by atoms with Crippen molar-refractivity contribution in [1.29, 1.82) is 0 Å². The molecule has 3 aromatic rings. The number of imidazole rings is 1. The molecule has 0 radical (unpaired) electrons. The smallest absolute Gasteiger partial charge is 0.305 e. The SMILES string of the molecule is CCOCCN(C)CCCNc1nc2ccc(CN(CCCC(=O)OCC)c3cc(C)cc(C)c3)cc2n1C. The average molecular weight is 538 g/mol. The first-order chi connectivity index (χ1) is 18.8. The highest BCUT2D eigenvalue weighted by molar-refractivity contribution is 5.79. The predicted molar refractivity (Wildman–Crippen MR) is 161 cm³/mol. The summed E-state index contributed by atoms with van der Waals surface area (Å²) in [6, 6.07) is 13.1. The number of hydrogen-bond donors (Lipinski definition) is 1. The number of aryl methyl sites for hydroxylation is 3. The number of esters is 1. The lowest BCUT2D eigenvalue weighted by Gasteiger charge is -2.26. The summed E-state index contributed by atoms with van der Waals surface area (Å²) in [7, 11) is 4.20. The highest BCUT2D eigenvalue weighted by atomic mass is 16.5. The van der Waals surface area contributed by atoms with E-state index < -0.39 is 0 Å². The molecule has 214 valence electrons. The van der Waals surface area contributed by atoms with Crippen LogP contribution < -0.4 is 10.2 Å². The van der Waals surface area contributed by atoms with Crippen molar-refractivity contribution < 1.29 is 14.3 Å². The van der Waals surface area contributed by atoms with Gasteiger partial charge in [0, 0.05) is 51.9 Å². The minimum absolute atomic E-state index is 0.133. The van der Waals surface area contributed by atoms with Crippen molar-refractivity contribution in [2.24, 2.45) is 7.05 Å². The number of fused-ring (bicyclic) bond motifs is 1. The van der Waals surface area contributed by atoms with Gasteiger partial charge in [0.15, 0.2) is 0 Å². The fourth-order valence-electron chi connectivity index (χ4n) is 4.82. The number of carbonyl (C=O) groups is 1. The fourth-order valence-corrected chi connectivity index (χ4v) is 4.82. The summed E-state index contributed by atoms with van der Waals surface area (Å²) in [5, 5.41) is 3.51. The molecule has 1 aromatic heterocycles. The minimum Gasteiger partial charge on any atom is -0.466 e. The number of rotatable bonds is 17. The molecule has 8 heteroatoms. The molecule has 0 bridgehead atoms. The Labute approximate surface area is 234 Å². The zero-order valence-corrected chi connectivity index (χ0v) is 24.8. The lowest BCUT2D eigenvalue weighted by Crippen LogP contribution is -2.25. The third-order valence-electron chi connectivity index (χ3n) is 6.83. The molecule has 0 saturated heterocycles. The topological polar surface area (TPSA) is 71.9 Å². The van der Waals surface area contributed by atoms with Crippen LogP contribution in [0.25, 0.3) is 11.0 Å². The number of nitrogens with zero attached hydrogens (tertiary/aromatic N) is 4. The van der Waals surface area contributed by atoms with Crippen molar-refractivity contribution in [2.45, 2.75) is 53.5 Å². The van der Waals surface area contributed by atoms with Crippen LogP contribution in [0.5, 0.6) is 0 Å². The predicted octanol–water partition coefficient (Wildman–Crippen LogP) is 5.31. The van der Waals surface area contributed by atoms with E-state index in [1.807, 2.05) is 13.8 Å². The van der Waals surface area contributed by atoms with E-state index in [1.165, 1.54) is 22.4 Å². The van der Waals surface area contributed by atoms with Crippen LogP contribution in [0.1, 0.15) is 49.8 Å². The number of hydrogen-bond acceptors (Lipinski definition) is 7. The van der Waals surface area contributed by atoms with Gasteiger partial charge in [0.25, 0.3) is 0 Å². The maximum Gasteiger partial charge on any atom is 0.305 e. The van der Waals surface area contributed by atoms with E-state index >= 15 is 0 Å². The number of benzene rings is 2. The monoisotopic (exact) mass is 537 g/mol. The van der Waals surface area contributed by atoms with Gasteiger partial charge >= 0.3 is 5.97 Å². The largest absolute Gasteiger partial charge is 0.466 e. The van der Waals surface area contributed by atoms with E-state index in [0.29, 0.717) is 13.0 Å². The van der Waals surface area contributed by atoms with Crippen molar-refractivity contribution >= 4 is 28.6 Å². The molecule has 3 rings (SSSR count). The van der Waals surface area contributed by atoms with Crippen LogP contribution in [-0.4, -0.2) is 73.5 Å². The minimum atomic E-state index is -0.133. The summed E-state index contributed by atoms with van der Waals surface area (Å²) in [6.07, 6.45) is 2.20. The van der Waals surface area contributed by atoms with Crippen LogP contribution in [-0.2, 0) is 27.9 Å². The molecule has 2 aromatic carbocycles. The van der Waals surface area contributed by atoms with Gasteiger partial charge in [-0.25, -0.2) is 4.98 Å². The number of carbonyl (C=O) groups excluding carboxylic acids is 1. The van der Waals surface area contributed by atoms with Crippen LogP contribution in [0.4, 0.5) is 11.6 Å². The van der Waals surface area contributed by atoms with Gasteiger partial charge < -0.3 is 29.2 Å². The maximum atomic E-state index is 11.9. The van der Waals surface area contributed by atoms with Crippen LogP contribution in [0.3, 0.4) is 0 Å². The molecule has 0 aliphatic heterocycles. The van der Waals surface area contributed by atoms with E-state index in [4.69, 9.17) is 14.5 Å². The second kappa shape index (κ2) is 15.5. The van der Waals surface area contributed by atoms with Crippen LogP contribution in [0.2, 0.25) is 0 Å². The van der Waals surface area contributed by atoms with Gasteiger partial charge in [-0.2, -0.15) is 0 Å². The Kier molecular flexibility index (Phi) is 12.1. The molecule has 0 unspecified atom stereocenters. The van der Waals surface area contributed by atoms with Crippen molar-refractivity contribution in [3.63, 3.8) is 0 Å². The Morgan fingerprint density at radius 3 is 2.49 bits per heavy atom. The molecule has 0 atom stereocenters. The molecule has 0 amide bonds. The summed E-state index contributed by atoms with van der Waals surface area (Å²) in [4.78, 5) is 21.4. The standard InChI is InChI=1S/C31H47N5O3/c1-7-38-18-17-34(5)15-10-14-32-31-33-28-13-12-26(22-29(28)35(31)6)23-36(16-9-11-30(37)39-8-2)27-20-24(3)19-25(4)21-27/h12-13,19-22H,7-11,14-18,23H2,1-6H3,(H,32,33). The zero-order chi connectivity index (χ0) is 28.2. The molecule has 39 heavy (non-hydrogen) atoms. The highest BCUT2D eigenvalue weighted by Crippen LogP contribution is 2.25. The van der Waals surface area contributed by atoms with Crippen molar-refractivity contribution in [1.82, 2.24) is 14.5 Å². The molecular weight excluding hydrogens is 490 g/mol. The maximum absolute atomic E-state index is 11.9. The lowest BCUT2D eigenvalue weighted by atomic mass is 10.1. The van der Waals surface area contributed by atoms with E-state index in [1.54, 1.807) is 0 Å². The Morgan fingerprint density at radius 1 is 1.00 bits per heavy atom. The Morgan fingerprint density at radius 2 is 1.77 bits per heavy atom. The number of ether oxygens (including phenoxy) is 2. The van der Waals surface area contributed by atoms with E-state index in [2.05, 4.69) is 84.0 Å². The zero-order valence-electron chi connectivity index (χ0n) is 24.8. The van der Waals surface area contributed by atoms with Gasteiger partial charge in [0.2, 0.25) is 5.95 Å². The van der Waals surface area contributed by atoms with Crippen molar-refractivity contribution in [3.05, 3.63) is 53.1 Å². The van der Waals surface area contributed by atoms with Crippen molar-refractivity contribution in [2.75, 3.05) is 63.3 Å². The van der Waals surface area contributed by atoms with Crippen molar-refractivity contribution in [3.8, 4) is 0 Å². The third kappa shape index (κ3) is 9.55. The summed E-state index contributed by atoms with van der Waals surface area (Å²) in [6.45, 7) is 14.5. The van der Waals surface area contributed by atoms with Crippen LogP contribution in [0, 0.1) is 13.8 Å². The highest BCUT2D eigenvalue weighted by Gasteiger charge is 2.13. The summed E-state index contributed by atoms with van der Waals surface area (Å²) < 4.78 is 12.7. The van der Waals surface area contributed by atoms with Gasteiger partial charge in [0.1, 0.15) is 0 Å². The van der Waals surface area contributed by atoms with Gasteiger partial charge in [-0.15, -0.1) is 0 Å². The first-order valence-corrected chi connectivity index (χ1v) is 14.2. The normalized spacial score (nSPS) is 11.4. The molecular formula is C31H47N5O3. The van der Waals surface area contributed by atoms with Crippen LogP contribution >= 0.6 is 0 Å². The Bertz CT molecular complexity index is 1170. The Balaban J connectivity index is 1.67. The summed E-state index contributed by atoms with van der Waals surface area (Å²) >= 11 is 0. The second-order valence-electron chi connectivity index (χ2n) is 10.3. The third-order valence-corrected chi connectivity index (χ3v) is 6.83. The average Bonchev–Trinajstić information content (AvgIpc) is 3.20. The summed E-state index contributed by atoms with van der Waals surface area (Å²) in [5.41, 5.74) is 6.95. The lowest BCUT2D eigenvalue weighted by molar-refractivity contribution is -0.143. The number of nitrogens with one attached hydrogen (secondary N) is 1.